The average Bonchev–Trinajstić information content (AvgIpc) is 2.49. The summed E-state index contributed by atoms with van der Waals surface area (Å²) in [5.74, 6) is 1.35. The van der Waals surface area contributed by atoms with Gasteiger partial charge in [-0.25, -0.2) is 0 Å². The fourth-order valence-electron chi connectivity index (χ4n) is 2.37. The van der Waals surface area contributed by atoms with E-state index in [1.54, 1.807) is 12.1 Å². The van der Waals surface area contributed by atoms with Crippen molar-refractivity contribution in [2.75, 3.05) is 32.8 Å². The number of benzene rings is 1. The van der Waals surface area contributed by atoms with Crippen molar-refractivity contribution in [3.63, 3.8) is 0 Å². The first-order valence-corrected chi connectivity index (χ1v) is 7.31. The van der Waals surface area contributed by atoms with E-state index in [1.165, 1.54) is 14.2 Å². The number of halogens is 1. The van der Waals surface area contributed by atoms with E-state index in [2.05, 4.69) is 5.32 Å². The number of carbonyl (C=O) groups excluding carboxylic acids is 1. The van der Waals surface area contributed by atoms with Gasteiger partial charge < -0.3 is 19.5 Å². The Balaban J connectivity index is 2.05. The Morgan fingerprint density at radius 1 is 1.29 bits per heavy atom. The fraction of sp³-hybridized carbons (Fsp3) is 0.533. The molecule has 1 fully saturated rings. The maximum absolute atomic E-state index is 12.2. The van der Waals surface area contributed by atoms with E-state index in [0.29, 0.717) is 34.5 Å². The number of amides is 1. The van der Waals surface area contributed by atoms with Crippen LogP contribution < -0.4 is 14.8 Å². The van der Waals surface area contributed by atoms with Crippen LogP contribution in [-0.4, -0.2) is 33.3 Å². The van der Waals surface area contributed by atoms with Gasteiger partial charge in [-0.1, -0.05) is 11.6 Å². The standard InChI is InChI=1S/C15H20ClNO4/c1-19-13-9-12(14(20-2)8-11(13)16)17-15(18)7-10-3-5-21-6-4-10/h8-10H,3-7H2,1-2H3,(H,17,18). The normalized spacial score (nSPS) is 15.6. The first-order chi connectivity index (χ1) is 10.1. The molecule has 5 nitrogen and oxygen atoms in total. The molecule has 1 amide bonds. The van der Waals surface area contributed by atoms with Crippen molar-refractivity contribution in [3.8, 4) is 11.5 Å². The highest BCUT2D eigenvalue weighted by Gasteiger charge is 2.19. The predicted octanol–water partition coefficient (Wildman–Crippen LogP) is 3.11. The van der Waals surface area contributed by atoms with Crippen LogP contribution >= 0.6 is 11.6 Å². The van der Waals surface area contributed by atoms with E-state index in [4.69, 9.17) is 25.8 Å². The third-order valence-corrected chi connectivity index (χ3v) is 3.86. The zero-order chi connectivity index (χ0) is 15.2. The third-order valence-electron chi connectivity index (χ3n) is 3.56. The molecule has 1 aliphatic heterocycles. The van der Waals surface area contributed by atoms with Gasteiger partial charge in [0.1, 0.15) is 11.5 Å². The highest BCUT2D eigenvalue weighted by molar-refractivity contribution is 6.32. The smallest absolute Gasteiger partial charge is 0.224 e. The molecule has 1 saturated heterocycles. The number of methoxy groups -OCH3 is 2. The van der Waals surface area contributed by atoms with Gasteiger partial charge >= 0.3 is 0 Å². The fourth-order valence-corrected chi connectivity index (χ4v) is 2.60. The van der Waals surface area contributed by atoms with Crippen molar-refractivity contribution < 1.29 is 19.0 Å². The van der Waals surface area contributed by atoms with Crippen LogP contribution in [0.15, 0.2) is 12.1 Å². The highest BCUT2D eigenvalue weighted by Crippen LogP contribution is 2.36. The van der Waals surface area contributed by atoms with Gasteiger partial charge in [-0.15, -0.1) is 0 Å². The van der Waals surface area contributed by atoms with Crippen LogP contribution in [0.4, 0.5) is 5.69 Å². The minimum absolute atomic E-state index is 0.0374. The first-order valence-electron chi connectivity index (χ1n) is 6.93. The van der Waals surface area contributed by atoms with Gasteiger partial charge in [-0.05, 0) is 18.8 Å². The minimum atomic E-state index is -0.0374. The summed E-state index contributed by atoms with van der Waals surface area (Å²) in [5.41, 5.74) is 0.566. The second kappa shape index (κ2) is 7.52. The van der Waals surface area contributed by atoms with Crippen LogP contribution in [-0.2, 0) is 9.53 Å². The molecule has 1 aromatic rings. The Morgan fingerprint density at radius 2 is 1.95 bits per heavy atom. The third kappa shape index (κ3) is 4.25. The van der Waals surface area contributed by atoms with Crippen molar-refractivity contribution >= 4 is 23.2 Å². The van der Waals surface area contributed by atoms with Crippen LogP contribution in [0.2, 0.25) is 5.02 Å². The summed E-state index contributed by atoms with van der Waals surface area (Å²) in [7, 11) is 3.06. The molecule has 0 saturated carbocycles. The van der Waals surface area contributed by atoms with Crippen LogP contribution in [0.3, 0.4) is 0 Å². The summed E-state index contributed by atoms with van der Waals surface area (Å²) in [6.45, 7) is 1.46. The monoisotopic (exact) mass is 313 g/mol. The van der Waals surface area contributed by atoms with E-state index in [1.807, 2.05) is 0 Å². The molecule has 1 aliphatic rings. The summed E-state index contributed by atoms with van der Waals surface area (Å²) in [4.78, 5) is 12.2. The first kappa shape index (κ1) is 15.9. The molecule has 0 spiro atoms. The molecule has 116 valence electrons. The molecular weight excluding hydrogens is 294 g/mol. The Hall–Kier alpha value is -1.46. The molecule has 0 radical (unpaired) electrons. The maximum atomic E-state index is 12.2. The number of anilines is 1. The second-order valence-electron chi connectivity index (χ2n) is 5.00. The van der Waals surface area contributed by atoms with Gasteiger partial charge in [0, 0.05) is 31.8 Å². The van der Waals surface area contributed by atoms with Crippen molar-refractivity contribution in [3.05, 3.63) is 17.2 Å². The predicted molar refractivity (Wildman–Crippen MR) is 81.3 cm³/mol. The molecule has 0 unspecified atom stereocenters. The SMILES string of the molecule is COc1cc(NC(=O)CC2CCOCC2)c(OC)cc1Cl. The van der Waals surface area contributed by atoms with Crippen LogP contribution in [0, 0.1) is 5.92 Å². The zero-order valence-corrected chi connectivity index (χ0v) is 13.0. The number of nitrogens with one attached hydrogen (secondary N) is 1. The van der Waals surface area contributed by atoms with Crippen LogP contribution in [0.25, 0.3) is 0 Å². The molecule has 6 heteroatoms. The van der Waals surface area contributed by atoms with Gasteiger partial charge in [0.25, 0.3) is 0 Å². The van der Waals surface area contributed by atoms with E-state index in [9.17, 15) is 4.79 Å². The topological polar surface area (TPSA) is 56.8 Å². The molecule has 0 aliphatic carbocycles. The van der Waals surface area contributed by atoms with Gasteiger partial charge in [0.2, 0.25) is 5.91 Å². The molecule has 2 rings (SSSR count). The lowest BCUT2D eigenvalue weighted by Gasteiger charge is -2.21. The molecule has 0 aromatic heterocycles. The lowest BCUT2D eigenvalue weighted by molar-refractivity contribution is -0.117. The Kier molecular flexibility index (Phi) is 5.70. The number of ether oxygens (including phenoxy) is 3. The number of hydrogen-bond acceptors (Lipinski definition) is 4. The summed E-state index contributed by atoms with van der Waals surface area (Å²) < 4.78 is 15.7. The van der Waals surface area contributed by atoms with Gasteiger partial charge in [0.05, 0.1) is 24.9 Å². The van der Waals surface area contributed by atoms with Gasteiger partial charge in [-0.2, -0.15) is 0 Å². The summed E-state index contributed by atoms with van der Waals surface area (Å²) in [6.07, 6.45) is 2.33. The Labute approximate surface area is 129 Å². The zero-order valence-electron chi connectivity index (χ0n) is 12.3. The maximum Gasteiger partial charge on any atom is 0.224 e. The van der Waals surface area contributed by atoms with Crippen LogP contribution in [0.5, 0.6) is 11.5 Å². The molecule has 0 bridgehead atoms. The van der Waals surface area contributed by atoms with Gasteiger partial charge in [-0.3, -0.25) is 4.79 Å². The molecule has 1 aromatic carbocycles. The molecule has 1 N–H and O–H groups in total. The number of hydrogen-bond donors (Lipinski definition) is 1. The Bertz CT molecular complexity index is 501. The van der Waals surface area contributed by atoms with E-state index in [-0.39, 0.29) is 5.91 Å². The molecule has 0 atom stereocenters. The van der Waals surface area contributed by atoms with E-state index >= 15 is 0 Å². The Morgan fingerprint density at radius 3 is 2.57 bits per heavy atom. The summed E-state index contributed by atoms with van der Waals surface area (Å²) in [5, 5.41) is 3.31. The van der Waals surface area contributed by atoms with Crippen molar-refractivity contribution in [1.29, 1.82) is 0 Å². The summed E-state index contributed by atoms with van der Waals surface area (Å²) >= 11 is 6.04. The van der Waals surface area contributed by atoms with Crippen LogP contribution in [0.1, 0.15) is 19.3 Å². The quantitative estimate of drug-likeness (QED) is 0.907. The number of rotatable bonds is 5. The summed E-state index contributed by atoms with van der Waals surface area (Å²) in [6, 6.07) is 3.30. The van der Waals surface area contributed by atoms with Crippen molar-refractivity contribution in [2.45, 2.75) is 19.3 Å². The second-order valence-corrected chi connectivity index (χ2v) is 5.40. The molecule has 21 heavy (non-hydrogen) atoms. The lowest BCUT2D eigenvalue weighted by atomic mass is 9.96. The molecular formula is C15H20ClNO4. The lowest BCUT2D eigenvalue weighted by Crippen LogP contribution is -2.22. The minimum Gasteiger partial charge on any atom is -0.495 e. The van der Waals surface area contributed by atoms with Crippen molar-refractivity contribution in [2.24, 2.45) is 5.92 Å². The molecule has 1 heterocycles. The highest BCUT2D eigenvalue weighted by atomic mass is 35.5. The van der Waals surface area contributed by atoms with E-state index < -0.39 is 0 Å². The van der Waals surface area contributed by atoms with Crippen molar-refractivity contribution in [1.82, 2.24) is 0 Å². The average molecular weight is 314 g/mol. The number of carbonyl (C=O) groups is 1. The van der Waals surface area contributed by atoms with E-state index in [0.717, 1.165) is 26.1 Å². The largest absolute Gasteiger partial charge is 0.495 e. The van der Waals surface area contributed by atoms with Gasteiger partial charge in [0.15, 0.2) is 0 Å².